The average molecular weight is 337 g/mol. The van der Waals surface area contributed by atoms with Crippen molar-refractivity contribution in [2.45, 2.75) is 20.8 Å². The minimum atomic E-state index is -0.194. The van der Waals surface area contributed by atoms with Crippen molar-refractivity contribution in [2.24, 2.45) is 7.05 Å². The number of nitrogens with one attached hydrogen (secondary N) is 1. The zero-order valence-corrected chi connectivity index (χ0v) is 15.3. The number of ether oxygens (including phenoxy) is 1. The topological polar surface area (TPSA) is 56.1 Å². The highest BCUT2D eigenvalue weighted by Gasteiger charge is 2.17. The van der Waals surface area contributed by atoms with Gasteiger partial charge in [-0.1, -0.05) is 29.8 Å². The summed E-state index contributed by atoms with van der Waals surface area (Å²) in [7, 11) is 3.34. The molecular formula is C20H23N3O2. The lowest BCUT2D eigenvalue weighted by atomic mass is 9.92. The summed E-state index contributed by atoms with van der Waals surface area (Å²) < 4.78 is 6.61. The van der Waals surface area contributed by atoms with E-state index >= 15 is 0 Å². The number of carbonyl (C=O) groups is 1. The fraction of sp³-hybridized carbons (Fsp3) is 0.300. The second kappa shape index (κ2) is 6.69. The standard InChI is InChI=1S/C20H23N3O2/c1-12-9-13(2)18(14(3)10-12)15-7-6-8-16-19(15)22-23(4)20(16)21-17(24)11-25-5/h6-10H,11H2,1-5H3,(H,21,24). The van der Waals surface area contributed by atoms with Crippen molar-refractivity contribution in [3.05, 3.63) is 47.0 Å². The van der Waals surface area contributed by atoms with Gasteiger partial charge in [-0.2, -0.15) is 5.10 Å². The van der Waals surface area contributed by atoms with Gasteiger partial charge in [-0.3, -0.25) is 9.48 Å². The van der Waals surface area contributed by atoms with Crippen LogP contribution >= 0.6 is 0 Å². The van der Waals surface area contributed by atoms with Crippen LogP contribution in [0.5, 0.6) is 0 Å². The smallest absolute Gasteiger partial charge is 0.251 e. The zero-order valence-electron chi connectivity index (χ0n) is 15.3. The first-order valence-corrected chi connectivity index (χ1v) is 8.25. The summed E-state index contributed by atoms with van der Waals surface area (Å²) in [6.07, 6.45) is 0. The van der Waals surface area contributed by atoms with Crippen molar-refractivity contribution >= 4 is 22.6 Å². The van der Waals surface area contributed by atoms with Gasteiger partial charge in [0.25, 0.3) is 5.91 Å². The van der Waals surface area contributed by atoms with Crippen LogP contribution in [0.4, 0.5) is 5.82 Å². The van der Waals surface area contributed by atoms with Crippen LogP contribution in [0.1, 0.15) is 16.7 Å². The van der Waals surface area contributed by atoms with Crippen molar-refractivity contribution in [3.8, 4) is 11.1 Å². The molecular weight excluding hydrogens is 314 g/mol. The van der Waals surface area contributed by atoms with Crippen LogP contribution in [0.2, 0.25) is 0 Å². The van der Waals surface area contributed by atoms with E-state index in [2.05, 4.69) is 49.4 Å². The molecule has 0 unspecified atom stereocenters. The molecule has 3 rings (SSSR count). The second-order valence-electron chi connectivity index (χ2n) is 6.43. The number of methoxy groups -OCH3 is 1. The van der Waals surface area contributed by atoms with Crippen molar-refractivity contribution in [1.29, 1.82) is 0 Å². The summed E-state index contributed by atoms with van der Waals surface area (Å²) >= 11 is 0. The van der Waals surface area contributed by atoms with E-state index < -0.39 is 0 Å². The Hall–Kier alpha value is -2.66. The monoisotopic (exact) mass is 337 g/mol. The fourth-order valence-electron chi connectivity index (χ4n) is 3.47. The van der Waals surface area contributed by atoms with E-state index in [9.17, 15) is 4.79 Å². The molecule has 3 aromatic rings. The van der Waals surface area contributed by atoms with E-state index in [0.29, 0.717) is 5.82 Å². The van der Waals surface area contributed by atoms with E-state index in [-0.39, 0.29) is 12.5 Å². The largest absolute Gasteiger partial charge is 0.375 e. The first-order valence-electron chi connectivity index (χ1n) is 8.25. The maximum atomic E-state index is 11.9. The number of amides is 1. The highest BCUT2D eigenvalue weighted by molar-refractivity contribution is 6.05. The normalized spacial score (nSPS) is 11.1. The Bertz CT molecular complexity index is 934. The molecule has 5 nitrogen and oxygen atoms in total. The molecule has 0 spiro atoms. The number of carbonyl (C=O) groups excluding carboxylic acids is 1. The highest BCUT2D eigenvalue weighted by Crippen LogP contribution is 2.35. The number of anilines is 1. The fourth-order valence-corrected chi connectivity index (χ4v) is 3.47. The molecule has 25 heavy (non-hydrogen) atoms. The van der Waals surface area contributed by atoms with E-state index in [1.807, 2.05) is 19.2 Å². The predicted octanol–water partition coefficient (Wildman–Crippen LogP) is 3.75. The van der Waals surface area contributed by atoms with Crippen molar-refractivity contribution < 1.29 is 9.53 Å². The summed E-state index contributed by atoms with van der Waals surface area (Å²) in [5.41, 5.74) is 6.85. The van der Waals surface area contributed by atoms with Gasteiger partial charge >= 0.3 is 0 Å². The molecule has 0 radical (unpaired) electrons. The number of fused-ring (bicyclic) bond motifs is 1. The molecule has 130 valence electrons. The minimum Gasteiger partial charge on any atom is -0.375 e. The SMILES string of the molecule is COCC(=O)Nc1c2cccc(-c3c(C)cc(C)cc3C)c2nn1C. The van der Waals surface area contributed by atoms with Crippen LogP contribution in [-0.4, -0.2) is 29.4 Å². The number of hydrogen-bond donors (Lipinski definition) is 1. The second-order valence-corrected chi connectivity index (χ2v) is 6.43. The number of benzene rings is 2. The lowest BCUT2D eigenvalue weighted by Gasteiger charge is -2.12. The lowest BCUT2D eigenvalue weighted by molar-refractivity contribution is -0.119. The summed E-state index contributed by atoms with van der Waals surface area (Å²) in [6.45, 7) is 6.37. The Morgan fingerprint density at radius 1 is 1.20 bits per heavy atom. The molecule has 1 N–H and O–H groups in total. The Balaban J connectivity index is 2.18. The van der Waals surface area contributed by atoms with Crippen molar-refractivity contribution in [1.82, 2.24) is 9.78 Å². The van der Waals surface area contributed by atoms with Gasteiger partial charge in [0.2, 0.25) is 0 Å². The molecule has 0 bridgehead atoms. The first kappa shape index (κ1) is 17.2. The third-order valence-corrected chi connectivity index (χ3v) is 4.34. The Morgan fingerprint density at radius 2 is 1.88 bits per heavy atom. The number of hydrogen-bond acceptors (Lipinski definition) is 3. The van der Waals surface area contributed by atoms with Gasteiger partial charge in [-0.15, -0.1) is 0 Å². The molecule has 0 aliphatic rings. The van der Waals surface area contributed by atoms with E-state index in [0.717, 1.165) is 16.5 Å². The van der Waals surface area contributed by atoms with Crippen molar-refractivity contribution in [3.63, 3.8) is 0 Å². The van der Waals surface area contributed by atoms with Gasteiger partial charge in [0.1, 0.15) is 17.9 Å². The van der Waals surface area contributed by atoms with Gasteiger partial charge in [0.05, 0.1) is 0 Å². The highest BCUT2D eigenvalue weighted by atomic mass is 16.5. The van der Waals surface area contributed by atoms with E-state index in [4.69, 9.17) is 4.74 Å². The average Bonchev–Trinajstić information content (AvgIpc) is 2.84. The van der Waals surface area contributed by atoms with Crippen molar-refractivity contribution in [2.75, 3.05) is 19.0 Å². The van der Waals surface area contributed by atoms with Gasteiger partial charge in [-0.25, -0.2) is 0 Å². The van der Waals surface area contributed by atoms with Crippen LogP contribution in [0.15, 0.2) is 30.3 Å². The number of nitrogens with zero attached hydrogens (tertiary/aromatic N) is 2. The van der Waals surface area contributed by atoms with Gasteiger partial charge in [0, 0.05) is 25.1 Å². The molecule has 0 saturated carbocycles. The molecule has 0 saturated heterocycles. The maximum absolute atomic E-state index is 11.9. The molecule has 0 aliphatic carbocycles. The molecule has 5 heteroatoms. The van der Waals surface area contributed by atoms with Crippen LogP contribution in [0, 0.1) is 20.8 Å². The number of aromatic nitrogens is 2. The summed E-state index contributed by atoms with van der Waals surface area (Å²) in [5, 5.41) is 8.48. The molecule has 0 fully saturated rings. The van der Waals surface area contributed by atoms with Gasteiger partial charge in [-0.05, 0) is 43.5 Å². The molecule has 1 heterocycles. The maximum Gasteiger partial charge on any atom is 0.251 e. The van der Waals surface area contributed by atoms with E-state index in [1.165, 1.54) is 29.4 Å². The summed E-state index contributed by atoms with van der Waals surface area (Å²) in [6, 6.07) is 10.4. The van der Waals surface area contributed by atoms with Crippen LogP contribution in [0.25, 0.3) is 22.0 Å². The molecule has 0 aliphatic heterocycles. The molecule has 0 atom stereocenters. The predicted molar refractivity (Wildman–Crippen MR) is 101 cm³/mol. The Morgan fingerprint density at radius 3 is 2.52 bits per heavy atom. The quantitative estimate of drug-likeness (QED) is 0.789. The molecule has 2 aromatic carbocycles. The minimum absolute atomic E-state index is 0.0164. The van der Waals surface area contributed by atoms with Crippen LogP contribution in [-0.2, 0) is 16.6 Å². The summed E-state index contributed by atoms with van der Waals surface area (Å²) in [5.74, 6) is 0.488. The van der Waals surface area contributed by atoms with Gasteiger partial charge < -0.3 is 10.1 Å². The first-order chi connectivity index (χ1) is 11.9. The van der Waals surface area contributed by atoms with Gasteiger partial charge in [0.15, 0.2) is 0 Å². The number of rotatable bonds is 4. The van der Waals surface area contributed by atoms with Crippen LogP contribution < -0.4 is 5.32 Å². The Labute approximate surface area is 147 Å². The zero-order chi connectivity index (χ0) is 18.1. The Kier molecular flexibility index (Phi) is 4.59. The lowest BCUT2D eigenvalue weighted by Crippen LogP contribution is -2.19. The third kappa shape index (κ3) is 3.15. The number of aryl methyl sites for hydroxylation is 4. The molecule has 1 amide bonds. The van der Waals surface area contributed by atoms with Crippen LogP contribution in [0.3, 0.4) is 0 Å². The van der Waals surface area contributed by atoms with E-state index in [1.54, 1.807) is 4.68 Å². The molecule has 1 aromatic heterocycles. The third-order valence-electron chi connectivity index (χ3n) is 4.34. The summed E-state index contributed by atoms with van der Waals surface area (Å²) in [4.78, 5) is 11.9.